The van der Waals surface area contributed by atoms with Crippen LogP contribution in [-0.4, -0.2) is 46.3 Å². The molecule has 30 heavy (non-hydrogen) atoms. The Kier molecular flexibility index (Phi) is 6.55. The van der Waals surface area contributed by atoms with Crippen LogP contribution in [0.25, 0.3) is 0 Å². The number of rotatable bonds is 7. The first-order valence-corrected chi connectivity index (χ1v) is 9.69. The monoisotopic (exact) mass is 413 g/mol. The Bertz CT molecular complexity index is 964. The molecule has 158 valence electrons. The highest BCUT2D eigenvalue weighted by Gasteiger charge is 2.33. The second kappa shape index (κ2) is 9.29. The predicted molar refractivity (Wildman–Crippen MR) is 110 cm³/mol. The van der Waals surface area contributed by atoms with Crippen LogP contribution < -0.4 is 10.2 Å². The van der Waals surface area contributed by atoms with Crippen LogP contribution in [0.2, 0.25) is 0 Å². The molecule has 1 unspecified atom stereocenters. The van der Waals surface area contributed by atoms with Gasteiger partial charge >= 0.3 is 11.7 Å². The molecule has 10 heteroatoms. The number of piperidine rings is 1. The van der Waals surface area contributed by atoms with Crippen LogP contribution >= 0.6 is 0 Å². The van der Waals surface area contributed by atoms with Crippen molar-refractivity contribution in [3.8, 4) is 0 Å². The molecule has 2 heterocycles. The van der Waals surface area contributed by atoms with Crippen molar-refractivity contribution in [2.24, 2.45) is 5.92 Å². The molecule has 1 aliphatic heterocycles. The molecule has 1 saturated heterocycles. The van der Waals surface area contributed by atoms with Gasteiger partial charge in [-0.2, -0.15) is 0 Å². The summed E-state index contributed by atoms with van der Waals surface area (Å²) in [4.78, 5) is 45.0. The van der Waals surface area contributed by atoms with Gasteiger partial charge in [0.2, 0.25) is 11.6 Å². The maximum atomic E-state index is 12.1. The van der Waals surface area contributed by atoms with Crippen molar-refractivity contribution in [2.75, 3.05) is 29.9 Å². The highest BCUT2D eigenvalue weighted by Crippen LogP contribution is 2.35. The van der Waals surface area contributed by atoms with E-state index in [4.69, 9.17) is 4.74 Å². The Morgan fingerprint density at radius 1 is 1.37 bits per heavy atom. The fraction of sp³-hybridized carbons (Fsp3) is 0.400. The second-order valence-corrected chi connectivity index (χ2v) is 6.95. The minimum absolute atomic E-state index is 0.0176. The van der Waals surface area contributed by atoms with Crippen molar-refractivity contribution in [1.82, 2.24) is 9.97 Å². The van der Waals surface area contributed by atoms with Crippen LogP contribution in [0, 0.1) is 16.0 Å². The molecular weight excluding hydrogens is 390 g/mol. The van der Waals surface area contributed by atoms with Gasteiger partial charge in [-0.05, 0) is 38.8 Å². The topological polar surface area (TPSA) is 128 Å². The van der Waals surface area contributed by atoms with Gasteiger partial charge < -0.3 is 15.0 Å². The molecular formula is C20H23N5O5. The lowest BCUT2D eigenvalue weighted by molar-refractivity contribution is -0.383. The summed E-state index contributed by atoms with van der Waals surface area (Å²) >= 11 is 0. The number of anilines is 3. The largest absolute Gasteiger partial charge is 0.466 e. The molecule has 2 aromatic rings. The normalized spacial score (nSPS) is 16.1. The van der Waals surface area contributed by atoms with Crippen molar-refractivity contribution < 1.29 is 19.2 Å². The van der Waals surface area contributed by atoms with Crippen LogP contribution in [0.5, 0.6) is 0 Å². The van der Waals surface area contributed by atoms with E-state index in [1.165, 1.54) is 13.3 Å². The van der Waals surface area contributed by atoms with Crippen LogP contribution in [0.4, 0.5) is 23.0 Å². The number of benzene rings is 1. The van der Waals surface area contributed by atoms with E-state index in [-0.39, 0.29) is 48.1 Å². The molecule has 0 saturated carbocycles. The Labute approximate surface area is 173 Å². The highest BCUT2D eigenvalue weighted by atomic mass is 16.6. The summed E-state index contributed by atoms with van der Waals surface area (Å²) in [5.74, 6) is -0.622. The number of nitro groups is 1. The van der Waals surface area contributed by atoms with Gasteiger partial charge in [-0.25, -0.2) is 9.97 Å². The van der Waals surface area contributed by atoms with Gasteiger partial charge in [0, 0.05) is 24.3 Å². The molecule has 1 fully saturated rings. The predicted octanol–water partition coefficient (Wildman–Crippen LogP) is 3.11. The Morgan fingerprint density at radius 2 is 2.17 bits per heavy atom. The average molecular weight is 413 g/mol. The molecule has 10 nitrogen and oxygen atoms in total. The molecule has 0 aliphatic carbocycles. The van der Waals surface area contributed by atoms with Gasteiger partial charge in [-0.1, -0.05) is 12.1 Å². The number of ketones is 1. The smallest absolute Gasteiger partial charge is 0.353 e. The number of nitrogens with one attached hydrogen (secondary N) is 1. The van der Waals surface area contributed by atoms with Crippen molar-refractivity contribution in [1.29, 1.82) is 0 Å². The lowest BCUT2D eigenvalue weighted by Gasteiger charge is -2.32. The average Bonchev–Trinajstić information content (AvgIpc) is 2.74. The third-order valence-electron chi connectivity index (χ3n) is 4.86. The standard InChI is InChI=1S/C20H23N5O5/c1-3-30-20(27)15-7-5-9-24(11-15)19-17(25(28)29)18(21-12-22-19)23-16-8-4-6-14(10-16)13(2)26/h4,6,8,10,12,15H,3,5,7,9,11H2,1-2H3,(H,21,22,23). The first-order valence-electron chi connectivity index (χ1n) is 9.69. The number of aromatic nitrogens is 2. The molecule has 1 aromatic carbocycles. The van der Waals surface area contributed by atoms with Crippen LogP contribution in [0.3, 0.4) is 0 Å². The summed E-state index contributed by atoms with van der Waals surface area (Å²) < 4.78 is 5.10. The summed E-state index contributed by atoms with van der Waals surface area (Å²) in [6, 6.07) is 6.64. The van der Waals surface area contributed by atoms with Gasteiger partial charge in [0.15, 0.2) is 5.78 Å². The minimum Gasteiger partial charge on any atom is -0.466 e. The summed E-state index contributed by atoms with van der Waals surface area (Å²) in [6.07, 6.45) is 2.60. The summed E-state index contributed by atoms with van der Waals surface area (Å²) in [7, 11) is 0. The number of hydrogen-bond donors (Lipinski definition) is 1. The maximum absolute atomic E-state index is 12.1. The molecule has 0 amide bonds. The number of carbonyl (C=O) groups excluding carboxylic acids is 2. The maximum Gasteiger partial charge on any atom is 0.353 e. The molecule has 0 radical (unpaired) electrons. The molecule has 1 N–H and O–H groups in total. The Balaban J connectivity index is 1.91. The second-order valence-electron chi connectivity index (χ2n) is 6.95. The lowest BCUT2D eigenvalue weighted by Crippen LogP contribution is -2.40. The van der Waals surface area contributed by atoms with Crippen molar-refractivity contribution in [3.63, 3.8) is 0 Å². The molecule has 1 atom stereocenters. The minimum atomic E-state index is -0.541. The fourth-order valence-corrected chi connectivity index (χ4v) is 3.44. The number of carbonyl (C=O) groups is 2. The van der Waals surface area contributed by atoms with E-state index >= 15 is 0 Å². The molecule has 1 aliphatic rings. The van der Waals surface area contributed by atoms with E-state index in [1.54, 1.807) is 36.1 Å². The summed E-state index contributed by atoms with van der Waals surface area (Å²) in [5.41, 5.74) is 0.693. The van der Waals surface area contributed by atoms with Gasteiger partial charge in [0.05, 0.1) is 17.4 Å². The number of ether oxygens (including phenoxy) is 1. The SMILES string of the molecule is CCOC(=O)C1CCCN(c2ncnc(Nc3cccc(C(C)=O)c3)c2[N+](=O)[O-])C1. The van der Waals surface area contributed by atoms with E-state index in [0.29, 0.717) is 30.6 Å². The van der Waals surface area contributed by atoms with E-state index < -0.39 is 4.92 Å². The number of nitrogens with zero attached hydrogens (tertiary/aromatic N) is 4. The van der Waals surface area contributed by atoms with Crippen LogP contribution in [0.1, 0.15) is 37.0 Å². The van der Waals surface area contributed by atoms with E-state index in [2.05, 4.69) is 15.3 Å². The summed E-state index contributed by atoms with van der Waals surface area (Å²) in [6.45, 7) is 4.30. The molecule has 0 spiro atoms. The Morgan fingerprint density at radius 3 is 2.87 bits per heavy atom. The number of Topliss-reactive ketones (excluding diaryl/α,β-unsaturated/α-hetero) is 1. The van der Waals surface area contributed by atoms with Gasteiger partial charge in [-0.3, -0.25) is 19.7 Å². The quantitative estimate of drug-likeness (QED) is 0.315. The number of esters is 1. The summed E-state index contributed by atoms with van der Waals surface area (Å²) in [5, 5.41) is 14.8. The first kappa shape index (κ1) is 21.2. The van der Waals surface area contributed by atoms with Gasteiger partial charge in [0.1, 0.15) is 6.33 Å². The lowest BCUT2D eigenvalue weighted by atomic mass is 9.98. The van der Waals surface area contributed by atoms with E-state index in [0.717, 1.165) is 0 Å². The zero-order chi connectivity index (χ0) is 21.7. The third-order valence-corrected chi connectivity index (χ3v) is 4.86. The Hall–Kier alpha value is -3.56. The van der Waals surface area contributed by atoms with E-state index in [9.17, 15) is 19.7 Å². The van der Waals surface area contributed by atoms with Crippen molar-refractivity contribution in [3.05, 3.63) is 46.3 Å². The zero-order valence-corrected chi connectivity index (χ0v) is 16.8. The molecule has 3 rings (SSSR count). The van der Waals surface area contributed by atoms with Crippen molar-refractivity contribution >= 4 is 34.8 Å². The fourth-order valence-electron chi connectivity index (χ4n) is 3.44. The zero-order valence-electron chi connectivity index (χ0n) is 16.8. The van der Waals surface area contributed by atoms with Crippen LogP contribution in [-0.2, 0) is 9.53 Å². The third kappa shape index (κ3) is 4.70. The highest BCUT2D eigenvalue weighted by molar-refractivity contribution is 5.95. The van der Waals surface area contributed by atoms with Gasteiger partial charge in [0.25, 0.3) is 0 Å². The molecule has 0 bridgehead atoms. The molecule has 1 aromatic heterocycles. The van der Waals surface area contributed by atoms with Gasteiger partial charge in [-0.15, -0.1) is 0 Å². The van der Waals surface area contributed by atoms with Crippen molar-refractivity contribution in [2.45, 2.75) is 26.7 Å². The first-order chi connectivity index (χ1) is 14.4. The number of hydrogen-bond acceptors (Lipinski definition) is 9. The van der Waals surface area contributed by atoms with Crippen LogP contribution in [0.15, 0.2) is 30.6 Å². The van der Waals surface area contributed by atoms with E-state index in [1.807, 2.05) is 0 Å².